The molecule has 1 unspecified atom stereocenters. The van der Waals surface area contributed by atoms with Gasteiger partial charge in [0, 0.05) is 20.7 Å². The van der Waals surface area contributed by atoms with Gasteiger partial charge in [0.2, 0.25) is 0 Å². The van der Waals surface area contributed by atoms with Crippen molar-refractivity contribution in [1.82, 2.24) is 0 Å². The van der Waals surface area contributed by atoms with Crippen molar-refractivity contribution in [2.24, 2.45) is 0 Å². The topological polar surface area (TPSA) is 77.8 Å². The van der Waals surface area contributed by atoms with E-state index in [-0.39, 0.29) is 17.1 Å². The predicted molar refractivity (Wildman–Crippen MR) is 123 cm³/mol. The highest BCUT2D eigenvalue weighted by molar-refractivity contribution is 9.10. The molecule has 0 radical (unpaired) electrons. The molecule has 1 saturated heterocycles. The van der Waals surface area contributed by atoms with Gasteiger partial charge in [0.1, 0.15) is 11.5 Å². The van der Waals surface area contributed by atoms with Gasteiger partial charge in [-0.1, -0.05) is 45.7 Å². The molecule has 31 heavy (non-hydrogen) atoms. The molecule has 0 saturated carbocycles. The maximum absolute atomic E-state index is 13.1. The van der Waals surface area contributed by atoms with E-state index in [0.717, 1.165) is 10.0 Å². The van der Waals surface area contributed by atoms with Gasteiger partial charge in [0.15, 0.2) is 0 Å². The van der Waals surface area contributed by atoms with Crippen molar-refractivity contribution in [2.45, 2.75) is 13.0 Å². The van der Waals surface area contributed by atoms with Crippen LogP contribution in [0.1, 0.15) is 22.7 Å². The molecule has 1 atom stereocenters. The van der Waals surface area contributed by atoms with Crippen LogP contribution in [0.25, 0.3) is 5.76 Å². The quantitative estimate of drug-likeness (QED) is 0.274. The Morgan fingerprint density at radius 1 is 1.03 bits per heavy atom. The summed E-state index contributed by atoms with van der Waals surface area (Å²) in [7, 11) is 0. The van der Waals surface area contributed by atoms with Crippen LogP contribution in [0.2, 0.25) is 5.02 Å². The largest absolute Gasteiger partial charge is 0.508 e. The van der Waals surface area contributed by atoms with Gasteiger partial charge in [-0.25, -0.2) is 0 Å². The average molecular weight is 499 g/mol. The van der Waals surface area contributed by atoms with Crippen LogP contribution in [-0.4, -0.2) is 21.9 Å². The van der Waals surface area contributed by atoms with E-state index in [2.05, 4.69) is 15.9 Å². The number of anilines is 1. The third-order valence-electron chi connectivity index (χ3n) is 5.17. The molecule has 0 aliphatic carbocycles. The first kappa shape index (κ1) is 21.2. The molecule has 7 heteroatoms. The lowest BCUT2D eigenvalue weighted by molar-refractivity contribution is -0.132. The van der Waals surface area contributed by atoms with Gasteiger partial charge in [0.05, 0.1) is 11.6 Å². The standard InChI is InChI=1S/C24H17BrClNO4/c1-13-11-15(5-10-19(13)25)22(29)20-21(14-3-2-4-18(28)12-14)27(24(31)23(20)30)17-8-6-16(26)7-9-17/h2-12,21,28-29H,1H3/b22-20-. The Balaban J connectivity index is 1.96. The molecule has 0 bridgehead atoms. The summed E-state index contributed by atoms with van der Waals surface area (Å²) in [5.74, 6) is -1.87. The fourth-order valence-electron chi connectivity index (χ4n) is 3.66. The Labute approximate surface area is 192 Å². The van der Waals surface area contributed by atoms with E-state index in [9.17, 15) is 19.8 Å². The summed E-state index contributed by atoms with van der Waals surface area (Å²) in [6, 6.07) is 17.0. The second-order valence-corrected chi connectivity index (χ2v) is 8.50. The van der Waals surface area contributed by atoms with Gasteiger partial charge in [0.25, 0.3) is 11.7 Å². The number of hydrogen-bond donors (Lipinski definition) is 2. The fraction of sp³-hybridized carbons (Fsp3) is 0.0833. The molecule has 1 aliphatic heterocycles. The number of carbonyl (C=O) groups is 2. The highest BCUT2D eigenvalue weighted by Crippen LogP contribution is 2.43. The van der Waals surface area contributed by atoms with Crippen molar-refractivity contribution < 1.29 is 19.8 Å². The summed E-state index contributed by atoms with van der Waals surface area (Å²) in [5.41, 5.74) is 2.17. The highest BCUT2D eigenvalue weighted by atomic mass is 79.9. The molecule has 5 nitrogen and oxygen atoms in total. The lowest BCUT2D eigenvalue weighted by Gasteiger charge is -2.25. The number of aliphatic hydroxyl groups excluding tert-OH is 1. The van der Waals surface area contributed by atoms with Crippen LogP contribution in [0.15, 0.2) is 76.8 Å². The number of hydrogen-bond acceptors (Lipinski definition) is 4. The summed E-state index contributed by atoms with van der Waals surface area (Å²) in [6.07, 6.45) is 0. The molecule has 2 N–H and O–H groups in total. The third-order valence-corrected chi connectivity index (χ3v) is 6.31. The van der Waals surface area contributed by atoms with Gasteiger partial charge >= 0.3 is 0 Å². The molecule has 3 aromatic rings. The van der Waals surface area contributed by atoms with E-state index in [0.29, 0.717) is 21.8 Å². The molecule has 3 aromatic carbocycles. The Bertz CT molecular complexity index is 1240. The molecule has 1 heterocycles. The van der Waals surface area contributed by atoms with Crippen LogP contribution in [0.3, 0.4) is 0 Å². The number of ketones is 1. The minimum Gasteiger partial charge on any atom is -0.508 e. The van der Waals surface area contributed by atoms with Gasteiger partial charge in [-0.05, 0) is 66.6 Å². The SMILES string of the molecule is Cc1cc(/C(O)=C2/C(=O)C(=O)N(c3ccc(Cl)cc3)C2c2cccc(O)c2)ccc1Br. The Kier molecular flexibility index (Phi) is 5.60. The number of aromatic hydroxyl groups is 1. The molecule has 156 valence electrons. The number of phenols is 1. The first-order valence-electron chi connectivity index (χ1n) is 9.40. The van der Waals surface area contributed by atoms with Crippen LogP contribution < -0.4 is 4.90 Å². The molecule has 1 amide bonds. The van der Waals surface area contributed by atoms with Crippen molar-refractivity contribution in [3.05, 3.63) is 98.5 Å². The molecule has 0 aromatic heterocycles. The lowest BCUT2D eigenvalue weighted by Crippen LogP contribution is -2.29. The van der Waals surface area contributed by atoms with Gasteiger partial charge in [-0.15, -0.1) is 0 Å². The van der Waals surface area contributed by atoms with Crippen molar-refractivity contribution >= 4 is 50.7 Å². The number of aliphatic hydroxyl groups is 1. The number of benzene rings is 3. The van der Waals surface area contributed by atoms with Crippen LogP contribution in [0.5, 0.6) is 5.75 Å². The number of Topliss-reactive ketones (excluding diaryl/α,β-unsaturated/α-hetero) is 1. The molecule has 1 fully saturated rings. The zero-order valence-electron chi connectivity index (χ0n) is 16.3. The Hall–Kier alpha value is -3.09. The highest BCUT2D eigenvalue weighted by Gasteiger charge is 2.47. The van der Waals surface area contributed by atoms with Gasteiger partial charge in [-0.3, -0.25) is 14.5 Å². The second-order valence-electron chi connectivity index (χ2n) is 7.20. The van der Waals surface area contributed by atoms with Crippen LogP contribution in [0.4, 0.5) is 5.69 Å². The summed E-state index contributed by atoms with van der Waals surface area (Å²) < 4.78 is 0.857. The Morgan fingerprint density at radius 3 is 2.39 bits per heavy atom. The number of amides is 1. The lowest BCUT2D eigenvalue weighted by atomic mass is 9.94. The van der Waals surface area contributed by atoms with Gasteiger partial charge in [-0.2, -0.15) is 0 Å². The number of aryl methyl sites for hydroxylation is 1. The summed E-state index contributed by atoms with van der Waals surface area (Å²) >= 11 is 9.41. The average Bonchev–Trinajstić information content (AvgIpc) is 3.01. The number of phenolic OH excluding ortho intramolecular Hbond substituents is 1. The van der Waals surface area contributed by atoms with Crippen LogP contribution in [0, 0.1) is 6.92 Å². The van der Waals surface area contributed by atoms with E-state index in [1.807, 2.05) is 6.92 Å². The van der Waals surface area contributed by atoms with Crippen molar-refractivity contribution in [3.8, 4) is 5.75 Å². The summed E-state index contributed by atoms with van der Waals surface area (Å²) in [6.45, 7) is 1.86. The summed E-state index contributed by atoms with van der Waals surface area (Å²) in [4.78, 5) is 27.4. The zero-order valence-corrected chi connectivity index (χ0v) is 18.7. The van der Waals surface area contributed by atoms with E-state index in [1.54, 1.807) is 54.6 Å². The third kappa shape index (κ3) is 3.84. The van der Waals surface area contributed by atoms with Crippen LogP contribution in [-0.2, 0) is 9.59 Å². The van der Waals surface area contributed by atoms with E-state index in [1.165, 1.54) is 17.0 Å². The van der Waals surface area contributed by atoms with Crippen molar-refractivity contribution in [2.75, 3.05) is 4.90 Å². The zero-order chi connectivity index (χ0) is 22.3. The van der Waals surface area contributed by atoms with Crippen molar-refractivity contribution in [3.63, 3.8) is 0 Å². The molecule has 4 rings (SSSR count). The smallest absolute Gasteiger partial charge is 0.300 e. The Morgan fingerprint density at radius 2 is 1.74 bits per heavy atom. The van der Waals surface area contributed by atoms with E-state index in [4.69, 9.17) is 11.6 Å². The number of nitrogens with zero attached hydrogens (tertiary/aromatic N) is 1. The van der Waals surface area contributed by atoms with E-state index >= 15 is 0 Å². The normalized spacial score (nSPS) is 17.9. The fourth-order valence-corrected chi connectivity index (χ4v) is 4.03. The summed E-state index contributed by atoms with van der Waals surface area (Å²) in [5, 5.41) is 21.6. The maximum atomic E-state index is 13.1. The monoisotopic (exact) mass is 497 g/mol. The number of carbonyl (C=O) groups excluding carboxylic acids is 2. The number of halogens is 2. The first-order valence-corrected chi connectivity index (χ1v) is 10.6. The molecular weight excluding hydrogens is 482 g/mol. The van der Waals surface area contributed by atoms with Crippen molar-refractivity contribution in [1.29, 1.82) is 0 Å². The maximum Gasteiger partial charge on any atom is 0.300 e. The predicted octanol–water partition coefficient (Wildman–Crippen LogP) is 5.74. The first-order chi connectivity index (χ1) is 14.8. The molecule has 1 aliphatic rings. The van der Waals surface area contributed by atoms with Gasteiger partial charge < -0.3 is 10.2 Å². The molecule has 0 spiro atoms. The van der Waals surface area contributed by atoms with E-state index < -0.39 is 17.7 Å². The van der Waals surface area contributed by atoms with Crippen LogP contribution >= 0.6 is 27.5 Å². The minimum absolute atomic E-state index is 0.0151. The minimum atomic E-state index is -0.919. The second kappa shape index (κ2) is 8.21. The number of rotatable bonds is 3. The molecular formula is C24H17BrClNO4.